The number of hydrogen-bond donors (Lipinski definition) is 2. The molecule has 0 radical (unpaired) electrons. The minimum atomic E-state index is -0.541. The topological polar surface area (TPSA) is 67.6 Å². The highest BCUT2D eigenvalue weighted by molar-refractivity contribution is 5.85. The van der Waals surface area contributed by atoms with Crippen molar-refractivity contribution in [2.24, 2.45) is 11.7 Å². The summed E-state index contributed by atoms with van der Waals surface area (Å²) in [5.74, 6) is 0.602. The van der Waals surface area contributed by atoms with E-state index < -0.39 is 6.10 Å². The second-order valence-electron chi connectivity index (χ2n) is 6.00. The number of amides is 1. The first-order valence-corrected chi connectivity index (χ1v) is 7.13. The molecule has 21 heavy (non-hydrogen) atoms. The van der Waals surface area contributed by atoms with Gasteiger partial charge >= 0.3 is 0 Å². The van der Waals surface area contributed by atoms with Gasteiger partial charge in [-0.15, -0.1) is 24.8 Å². The maximum Gasteiger partial charge on any atom is 0.250 e. The van der Waals surface area contributed by atoms with Crippen molar-refractivity contribution < 1.29 is 9.53 Å². The Morgan fingerprint density at radius 1 is 1.48 bits per heavy atom. The number of hydrogen-bond acceptors (Lipinski definition) is 4. The minimum Gasteiger partial charge on any atom is -0.370 e. The molecule has 1 fully saturated rings. The van der Waals surface area contributed by atoms with Gasteiger partial charge in [0.05, 0.1) is 0 Å². The molecule has 7 heteroatoms. The van der Waals surface area contributed by atoms with Gasteiger partial charge in [-0.2, -0.15) is 0 Å². The molecule has 0 aromatic heterocycles. The SMILES string of the molecule is COC(CN)C(=O)NCC1(N(C)C)CCCC(C)C1.Cl.Cl. The van der Waals surface area contributed by atoms with E-state index in [4.69, 9.17) is 10.5 Å². The van der Waals surface area contributed by atoms with Gasteiger partial charge in [0.2, 0.25) is 0 Å². The molecule has 1 aliphatic carbocycles. The van der Waals surface area contributed by atoms with Crippen LogP contribution in [0.3, 0.4) is 0 Å². The summed E-state index contributed by atoms with van der Waals surface area (Å²) in [7, 11) is 5.71. The van der Waals surface area contributed by atoms with Crippen molar-refractivity contribution in [3.8, 4) is 0 Å². The van der Waals surface area contributed by atoms with Crippen LogP contribution in [0.1, 0.15) is 32.6 Å². The number of methoxy groups -OCH3 is 1. The molecule has 5 nitrogen and oxygen atoms in total. The molecule has 3 N–H and O–H groups in total. The summed E-state index contributed by atoms with van der Waals surface area (Å²) in [6.45, 7) is 3.17. The molecule has 1 aliphatic rings. The number of rotatable bonds is 6. The van der Waals surface area contributed by atoms with E-state index in [0.29, 0.717) is 12.5 Å². The quantitative estimate of drug-likeness (QED) is 0.765. The predicted molar refractivity (Wildman–Crippen MR) is 91.4 cm³/mol. The lowest BCUT2D eigenvalue weighted by Crippen LogP contribution is -2.56. The lowest BCUT2D eigenvalue weighted by molar-refractivity contribution is -0.131. The second kappa shape index (κ2) is 10.6. The molecule has 0 aromatic carbocycles. The molecular formula is C14H31Cl2N3O2. The van der Waals surface area contributed by atoms with Gasteiger partial charge in [0.15, 0.2) is 0 Å². The standard InChI is InChI=1S/C14H29N3O2.2ClH/c1-11-6-5-7-14(8-11,17(2)3)10-16-13(18)12(9-15)19-4;;/h11-12H,5-10,15H2,1-4H3,(H,16,18);2*1H. The van der Waals surface area contributed by atoms with Crippen LogP contribution in [0.2, 0.25) is 0 Å². The fourth-order valence-electron chi connectivity index (χ4n) is 3.03. The molecule has 0 heterocycles. The number of carbonyl (C=O) groups is 1. The van der Waals surface area contributed by atoms with Crippen molar-refractivity contribution in [3.63, 3.8) is 0 Å². The number of halogens is 2. The second-order valence-corrected chi connectivity index (χ2v) is 6.00. The van der Waals surface area contributed by atoms with E-state index in [9.17, 15) is 4.79 Å². The minimum absolute atomic E-state index is 0. The van der Waals surface area contributed by atoms with E-state index in [-0.39, 0.29) is 42.8 Å². The van der Waals surface area contributed by atoms with Gasteiger partial charge in [0, 0.05) is 25.7 Å². The van der Waals surface area contributed by atoms with Gasteiger partial charge in [-0.3, -0.25) is 4.79 Å². The summed E-state index contributed by atoms with van der Waals surface area (Å²) >= 11 is 0. The molecule has 3 atom stereocenters. The number of likely N-dealkylation sites (N-methyl/N-ethyl adjacent to an activating group) is 1. The van der Waals surface area contributed by atoms with Gasteiger partial charge in [0.1, 0.15) is 6.10 Å². The first kappa shape index (κ1) is 23.2. The molecule has 0 saturated heterocycles. The van der Waals surface area contributed by atoms with Crippen LogP contribution < -0.4 is 11.1 Å². The average Bonchev–Trinajstić information content (AvgIpc) is 2.37. The average molecular weight is 344 g/mol. The van der Waals surface area contributed by atoms with Crippen LogP contribution in [0.15, 0.2) is 0 Å². The number of nitrogens with zero attached hydrogens (tertiary/aromatic N) is 1. The third-order valence-corrected chi connectivity index (χ3v) is 4.40. The van der Waals surface area contributed by atoms with E-state index in [1.54, 1.807) is 0 Å². The molecule has 0 aromatic rings. The Hall–Kier alpha value is -0.0700. The molecular weight excluding hydrogens is 313 g/mol. The first-order valence-electron chi connectivity index (χ1n) is 7.13. The molecule has 128 valence electrons. The highest BCUT2D eigenvalue weighted by Gasteiger charge is 2.37. The Morgan fingerprint density at radius 2 is 2.10 bits per heavy atom. The smallest absolute Gasteiger partial charge is 0.250 e. The van der Waals surface area contributed by atoms with E-state index >= 15 is 0 Å². The van der Waals surface area contributed by atoms with Crippen molar-refractivity contribution in [1.29, 1.82) is 0 Å². The summed E-state index contributed by atoms with van der Waals surface area (Å²) in [4.78, 5) is 14.2. The molecule has 1 saturated carbocycles. The largest absolute Gasteiger partial charge is 0.370 e. The lowest BCUT2D eigenvalue weighted by atomic mass is 9.75. The molecule has 3 unspecified atom stereocenters. The van der Waals surface area contributed by atoms with Crippen molar-refractivity contribution in [1.82, 2.24) is 10.2 Å². The first-order chi connectivity index (χ1) is 8.95. The zero-order valence-electron chi connectivity index (χ0n) is 13.6. The Morgan fingerprint density at radius 3 is 2.52 bits per heavy atom. The molecule has 0 bridgehead atoms. The van der Waals surface area contributed by atoms with Crippen molar-refractivity contribution in [2.75, 3.05) is 34.3 Å². The zero-order chi connectivity index (χ0) is 14.5. The van der Waals surface area contributed by atoms with Crippen LogP contribution >= 0.6 is 24.8 Å². The molecule has 0 spiro atoms. The molecule has 0 aliphatic heterocycles. The molecule has 1 amide bonds. The van der Waals surface area contributed by atoms with Gasteiger partial charge in [-0.1, -0.05) is 19.8 Å². The Balaban J connectivity index is 0. The summed E-state index contributed by atoms with van der Waals surface area (Å²) in [6, 6.07) is 0. The summed E-state index contributed by atoms with van der Waals surface area (Å²) in [6.07, 6.45) is 4.22. The van der Waals surface area contributed by atoms with Gasteiger partial charge in [-0.05, 0) is 32.9 Å². The fraction of sp³-hybridized carbons (Fsp3) is 0.929. The van der Waals surface area contributed by atoms with Crippen LogP contribution in [0.5, 0.6) is 0 Å². The van der Waals surface area contributed by atoms with Crippen molar-refractivity contribution in [3.05, 3.63) is 0 Å². The maximum atomic E-state index is 12.0. The van der Waals surface area contributed by atoms with Gasteiger partial charge < -0.3 is 20.7 Å². The van der Waals surface area contributed by atoms with Crippen LogP contribution in [0.25, 0.3) is 0 Å². The highest BCUT2D eigenvalue weighted by atomic mass is 35.5. The van der Waals surface area contributed by atoms with Crippen molar-refractivity contribution >= 4 is 30.7 Å². The summed E-state index contributed by atoms with van der Waals surface area (Å²) in [5, 5.41) is 3.01. The van der Waals surface area contributed by atoms with E-state index in [0.717, 1.165) is 12.8 Å². The van der Waals surface area contributed by atoms with E-state index in [2.05, 4.69) is 31.2 Å². The summed E-state index contributed by atoms with van der Waals surface area (Å²) < 4.78 is 5.07. The van der Waals surface area contributed by atoms with Gasteiger partial charge in [-0.25, -0.2) is 0 Å². The van der Waals surface area contributed by atoms with Crippen LogP contribution in [0, 0.1) is 5.92 Å². The Kier molecular flexibility index (Phi) is 11.7. The Bertz CT molecular complexity index is 302. The summed E-state index contributed by atoms with van der Waals surface area (Å²) in [5.41, 5.74) is 5.58. The fourth-order valence-corrected chi connectivity index (χ4v) is 3.03. The third kappa shape index (κ3) is 6.28. The third-order valence-electron chi connectivity index (χ3n) is 4.40. The van der Waals surface area contributed by atoms with Crippen LogP contribution in [-0.4, -0.2) is 56.7 Å². The number of ether oxygens (including phenoxy) is 1. The number of nitrogens with two attached hydrogens (primary N) is 1. The normalized spacial score (nSPS) is 26.5. The van der Waals surface area contributed by atoms with Crippen LogP contribution in [0.4, 0.5) is 0 Å². The number of carbonyl (C=O) groups excluding carboxylic acids is 1. The highest BCUT2D eigenvalue weighted by Crippen LogP contribution is 2.35. The van der Waals surface area contributed by atoms with Crippen LogP contribution in [-0.2, 0) is 9.53 Å². The molecule has 1 rings (SSSR count). The predicted octanol–water partition coefficient (Wildman–Crippen LogP) is 1.43. The Labute approximate surface area is 141 Å². The van der Waals surface area contributed by atoms with E-state index in [1.807, 2.05) is 0 Å². The maximum absolute atomic E-state index is 12.0. The zero-order valence-corrected chi connectivity index (χ0v) is 15.2. The lowest BCUT2D eigenvalue weighted by Gasteiger charge is -2.45. The van der Waals surface area contributed by atoms with E-state index in [1.165, 1.54) is 20.0 Å². The number of nitrogens with one attached hydrogen (secondary N) is 1. The monoisotopic (exact) mass is 343 g/mol. The van der Waals surface area contributed by atoms with Gasteiger partial charge in [0.25, 0.3) is 5.91 Å². The van der Waals surface area contributed by atoms with Crippen molar-refractivity contribution in [2.45, 2.75) is 44.2 Å².